The van der Waals surface area contributed by atoms with E-state index in [4.69, 9.17) is 4.74 Å². The largest absolute Gasteiger partial charge is 0.465 e. The lowest BCUT2D eigenvalue weighted by atomic mass is 10.1. The van der Waals surface area contributed by atoms with E-state index in [9.17, 15) is 9.59 Å². The summed E-state index contributed by atoms with van der Waals surface area (Å²) in [4.78, 5) is 31.1. The van der Waals surface area contributed by atoms with Crippen molar-refractivity contribution in [3.8, 4) is 0 Å². The molecule has 0 saturated heterocycles. The first-order valence-electron chi connectivity index (χ1n) is 9.36. The average molecular weight is 389 g/mol. The second kappa shape index (κ2) is 9.50. The van der Waals surface area contributed by atoms with Crippen LogP contribution in [-0.2, 0) is 11.3 Å². The SMILES string of the molecule is CCN(Cc1ccccc1)c1ccc(C(=O)Nc2ccccc2C(=O)OC)cn1. The van der Waals surface area contributed by atoms with Gasteiger partial charge in [0.05, 0.1) is 23.9 Å². The van der Waals surface area contributed by atoms with Gasteiger partial charge in [0.15, 0.2) is 0 Å². The van der Waals surface area contributed by atoms with Gasteiger partial charge in [0, 0.05) is 19.3 Å². The van der Waals surface area contributed by atoms with Gasteiger partial charge in [0.1, 0.15) is 5.82 Å². The third kappa shape index (κ3) is 4.99. The molecule has 3 rings (SSSR count). The molecule has 1 N–H and O–H groups in total. The van der Waals surface area contributed by atoms with Crippen LogP contribution in [0.25, 0.3) is 0 Å². The normalized spacial score (nSPS) is 10.3. The smallest absolute Gasteiger partial charge is 0.339 e. The molecule has 0 radical (unpaired) electrons. The van der Waals surface area contributed by atoms with E-state index in [0.717, 1.165) is 18.9 Å². The van der Waals surface area contributed by atoms with E-state index in [1.807, 2.05) is 24.3 Å². The number of carbonyl (C=O) groups excluding carboxylic acids is 2. The number of benzene rings is 2. The molecule has 1 amide bonds. The van der Waals surface area contributed by atoms with Crippen LogP contribution in [0.15, 0.2) is 72.9 Å². The summed E-state index contributed by atoms with van der Waals surface area (Å²) >= 11 is 0. The van der Waals surface area contributed by atoms with Crippen LogP contribution < -0.4 is 10.2 Å². The first kappa shape index (κ1) is 20.1. The molecule has 2 aromatic carbocycles. The van der Waals surface area contributed by atoms with E-state index in [1.54, 1.807) is 36.5 Å². The molecule has 0 unspecified atom stereocenters. The molecule has 0 aliphatic rings. The number of methoxy groups -OCH3 is 1. The van der Waals surface area contributed by atoms with Crippen LogP contribution in [0.5, 0.6) is 0 Å². The molecule has 0 atom stereocenters. The Bertz CT molecular complexity index is 972. The molecule has 0 fully saturated rings. The van der Waals surface area contributed by atoms with E-state index >= 15 is 0 Å². The zero-order valence-corrected chi connectivity index (χ0v) is 16.5. The van der Waals surface area contributed by atoms with Gasteiger partial charge >= 0.3 is 5.97 Å². The number of aromatic nitrogens is 1. The van der Waals surface area contributed by atoms with Crippen molar-refractivity contribution in [3.63, 3.8) is 0 Å². The van der Waals surface area contributed by atoms with Crippen molar-refractivity contribution < 1.29 is 14.3 Å². The predicted octanol–water partition coefficient (Wildman–Crippen LogP) is 4.15. The Morgan fingerprint density at radius 2 is 1.72 bits per heavy atom. The van der Waals surface area contributed by atoms with Crippen LogP contribution in [0.1, 0.15) is 33.2 Å². The molecule has 0 aliphatic heterocycles. The highest BCUT2D eigenvalue weighted by atomic mass is 16.5. The maximum Gasteiger partial charge on any atom is 0.339 e. The van der Waals surface area contributed by atoms with Gasteiger partial charge in [0.25, 0.3) is 5.91 Å². The monoisotopic (exact) mass is 389 g/mol. The molecular weight excluding hydrogens is 366 g/mol. The summed E-state index contributed by atoms with van der Waals surface area (Å²) in [5.74, 6) is -0.0525. The lowest BCUT2D eigenvalue weighted by Crippen LogP contribution is -2.23. The third-order valence-electron chi connectivity index (χ3n) is 4.51. The number of nitrogens with zero attached hydrogens (tertiary/aromatic N) is 2. The molecule has 148 valence electrons. The molecule has 0 aliphatic carbocycles. The minimum Gasteiger partial charge on any atom is -0.465 e. The van der Waals surface area contributed by atoms with Crippen LogP contribution in [0, 0.1) is 0 Å². The number of hydrogen-bond acceptors (Lipinski definition) is 5. The molecule has 3 aromatic rings. The van der Waals surface area contributed by atoms with Gasteiger partial charge in [-0.25, -0.2) is 9.78 Å². The van der Waals surface area contributed by atoms with E-state index in [2.05, 4.69) is 34.3 Å². The standard InChI is InChI=1S/C23H23N3O3/c1-3-26(16-17-9-5-4-6-10-17)21-14-13-18(15-24-21)22(27)25-20-12-8-7-11-19(20)23(28)29-2/h4-15H,3,16H2,1-2H3,(H,25,27). The van der Waals surface area contributed by atoms with Crippen molar-refractivity contribution >= 4 is 23.4 Å². The first-order chi connectivity index (χ1) is 14.1. The van der Waals surface area contributed by atoms with Crippen LogP contribution in [0.2, 0.25) is 0 Å². The highest BCUT2D eigenvalue weighted by molar-refractivity contribution is 6.07. The number of carbonyl (C=O) groups is 2. The quantitative estimate of drug-likeness (QED) is 0.615. The average Bonchev–Trinajstić information content (AvgIpc) is 2.78. The first-order valence-corrected chi connectivity index (χ1v) is 9.36. The van der Waals surface area contributed by atoms with Crippen molar-refractivity contribution in [1.29, 1.82) is 0 Å². The van der Waals surface area contributed by atoms with Gasteiger partial charge < -0.3 is 15.0 Å². The van der Waals surface area contributed by atoms with Crippen molar-refractivity contribution in [3.05, 3.63) is 89.6 Å². The summed E-state index contributed by atoms with van der Waals surface area (Å²) in [6.07, 6.45) is 1.54. The zero-order chi connectivity index (χ0) is 20.6. The highest BCUT2D eigenvalue weighted by Gasteiger charge is 2.15. The number of esters is 1. The Hall–Kier alpha value is -3.67. The number of hydrogen-bond donors (Lipinski definition) is 1. The van der Waals surface area contributed by atoms with Gasteiger partial charge in [-0.3, -0.25) is 4.79 Å². The summed E-state index contributed by atoms with van der Waals surface area (Å²) in [5, 5.41) is 2.75. The summed E-state index contributed by atoms with van der Waals surface area (Å²) in [5.41, 5.74) is 2.29. The van der Waals surface area contributed by atoms with Gasteiger partial charge in [-0.1, -0.05) is 42.5 Å². The van der Waals surface area contributed by atoms with Crippen molar-refractivity contribution in [2.24, 2.45) is 0 Å². The van der Waals surface area contributed by atoms with Gasteiger partial charge in [-0.15, -0.1) is 0 Å². The highest BCUT2D eigenvalue weighted by Crippen LogP contribution is 2.19. The molecule has 0 saturated carbocycles. The second-order valence-electron chi connectivity index (χ2n) is 6.40. The Kier molecular flexibility index (Phi) is 6.58. The van der Waals surface area contributed by atoms with Gasteiger partial charge in [-0.05, 0) is 36.8 Å². The summed E-state index contributed by atoms with van der Waals surface area (Å²) < 4.78 is 4.76. The fourth-order valence-corrected chi connectivity index (χ4v) is 2.94. The molecule has 6 heteroatoms. The van der Waals surface area contributed by atoms with Crippen LogP contribution in [-0.4, -0.2) is 30.5 Å². The molecule has 0 bridgehead atoms. The number of amides is 1. The topological polar surface area (TPSA) is 71.5 Å². The Morgan fingerprint density at radius 1 is 1.00 bits per heavy atom. The Balaban J connectivity index is 1.73. The summed E-state index contributed by atoms with van der Waals surface area (Å²) in [6, 6.07) is 20.4. The number of para-hydroxylation sites is 1. The zero-order valence-electron chi connectivity index (χ0n) is 16.5. The minimum absolute atomic E-state index is 0.299. The number of nitrogens with one attached hydrogen (secondary N) is 1. The van der Waals surface area contributed by atoms with E-state index in [-0.39, 0.29) is 5.91 Å². The van der Waals surface area contributed by atoms with Crippen molar-refractivity contribution in [2.45, 2.75) is 13.5 Å². The minimum atomic E-state index is -0.506. The lowest BCUT2D eigenvalue weighted by Gasteiger charge is -2.22. The number of anilines is 2. The number of rotatable bonds is 7. The van der Waals surface area contributed by atoms with Crippen molar-refractivity contribution in [2.75, 3.05) is 23.9 Å². The number of pyridine rings is 1. The molecule has 1 heterocycles. The van der Waals surface area contributed by atoms with Gasteiger partial charge in [0.2, 0.25) is 0 Å². The van der Waals surface area contributed by atoms with Crippen LogP contribution in [0.3, 0.4) is 0 Å². The maximum atomic E-state index is 12.6. The third-order valence-corrected chi connectivity index (χ3v) is 4.51. The van der Waals surface area contributed by atoms with E-state index in [1.165, 1.54) is 12.7 Å². The Morgan fingerprint density at radius 3 is 2.38 bits per heavy atom. The Labute approximate surface area is 170 Å². The summed E-state index contributed by atoms with van der Waals surface area (Å²) in [7, 11) is 1.30. The van der Waals surface area contributed by atoms with E-state index < -0.39 is 5.97 Å². The van der Waals surface area contributed by atoms with Crippen molar-refractivity contribution in [1.82, 2.24) is 4.98 Å². The number of ether oxygens (including phenoxy) is 1. The molecule has 0 spiro atoms. The second-order valence-corrected chi connectivity index (χ2v) is 6.40. The fraction of sp³-hybridized carbons (Fsp3) is 0.174. The fourth-order valence-electron chi connectivity index (χ4n) is 2.94. The van der Waals surface area contributed by atoms with Gasteiger partial charge in [-0.2, -0.15) is 0 Å². The lowest BCUT2D eigenvalue weighted by molar-refractivity contribution is 0.0602. The molecular formula is C23H23N3O3. The molecule has 1 aromatic heterocycles. The molecule has 6 nitrogen and oxygen atoms in total. The predicted molar refractivity (Wildman–Crippen MR) is 113 cm³/mol. The van der Waals surface area contributed by atoms with Crippen LogP contribution in [0.4, 0.5) is 11.5 Å². The summed E-state index contributed by atoms with van der Waals surface area (Å²) in [6.45, 7) is 3.59. The maximum absolute atomic E-state index is 12.6. The van der Waals surface area contributed by atoms with Crippen LogP contribution >= 0.6 is 0 Å². The van der Waals surface area contributed by atoms with E-state index in [0.29, 0.717) is 16.8 Å². The molecule has 29 heavy (non-hydrogen) atoms.